The van der Waals surface area contributed by atoms with Gasteiger partial charge in [0.25, 0.3) is 5.91 Å². The lowest BCUT2D eigenvalue weighted by atomic mass is 10.0. The standard InChI is InChI=1S/C30H37N5O4/c1-7-25(31)23-10-11-26(35-27(23)32)24-17-21(9-8-19(24)3)34-28(36)20-14-18(2)15-22(16-20)38-13-12-33-29(37)39-30(4,5)6/h8-11,14-17,31H,7,12-13H2,1-6H3,(H2,32,35)(H,33,37)(H,34,36). The predicted octanol–water partition coefficient (Wildman–Crippen LogP) is 5.88. The molecule has 0 aliphatic heterocycles. The number of ether oxygens (including phenoxy) is 2. The molecule has 0 saturated carbocycles. The van der Waals surface area contributed by atoms with Crippen LogP contribution in [0.2, 0.25) is 0 Å². The summed E-state index contributed by atoms with van der Waals surface area (Å²) >= 11 is 0. The molecule has 3 aromatic rings. The number of nitrogen functional groups attached to an aromatic ring is 1. The molecule has 0 fully saturated rings. The Labute approximate surface area is 229 Å². The predicted molar refractivity (Wildman–Crippen MR) is 155 cm³/mol. The van der Waals surface area contributed by atoms with E-state index in [1.807, 2.05) is 57.2 Å². The molecule has 3 rings (SSSR count). The number of aryl methyl sites for hydroxylation is 2. The molecule has 0 bridgehead atoms. The van der Waals surface area contributed by atoms with E-state index in [2.05, 4.69) is 15.6 Å². The monoisotopic (exact) mass is 531 g/mol. The summed E-state index contributed by atoms with van der Waals surface area (Å²) in [6, 6.07) is 14.5. The highest BCUT2D eigenvalue weighted by Crippen LogP contribution is 2.28. The molecule has 9 nitrogen and oxygen atoms in total. The van der Waals surface area contributed by atoms with Crippen molar-refractivity contribution in [2.24, 2.45) is 0 Å². The van der Waals surface area contributed by atoms with Crippen molar-refractivity contribution >= 4 is 29.2 Å². The van der Waals surface area contributed by atoms with Gasteiger partial charge in [-0.25, -0.2) is 9.78 Å². The molecule has 1 aromatic heterocycles. The third-order valence-corrected chi connectivity index (χ3v) is 5.73. The number of hydrogen-bond donors (Lipinski definition) is 4. The van der Waals surface area contributed by atoms with Crippen LogP contribution in [0.15, 0.2) is 48.5 Å². The number of amides is 2. The van der Waals surface area contributed by atoms with Gasteiger partial charge in [0.1, 0.15) is 23.8 Å². The first-order chi connectivity index (χ1) is 18.4. The third kappa shape index (κ3) is 8.29. The molecule has 39 heavy (non-hydrogen) atoms. The minimum absolute atomic E-state index is 0.220. The second-order valence-corrected chi connectivity index (χ2v) is 10.3. The maximum absolute atomic E-state index is 13.1. The molecule has 0 atom stereocenters. The largest absolute Gasteiger partial charge is 0.492 e. The second kappa shape index (κ2) is 12.4. The zero-order chi connectivity index (χ0) is 28.7. The molecule has 1 heterocycles. The lowest BCUT2D eigenvalue weighted by molar-refractivity contribution is 0.0520. The van der Waals surface area contributed by atoms with Gasteiger partial charge in [-0.05, 0) is 94.6 Å². The fourth-order valence-corrected chi connectivity index (χ4v) is 3.85. The third-order valence-electron chi connectivity index (χ3n) is 5.73. The van der Waals surface area contributed by atoms with Crippen LogP contribution in [-0.4, -0.2) is 41.4 Å². The first-order valence-electron chi connectivity index (χ1n) is 12.8. The zero-order valence-corrected chi connectivity index (χ0v) is 23.4. The van der Waals surface area contributed by atoms with Gasteiger partial charge in [0.2, 0.25) is 0 Å². The SMILES string of the molecule is CCC(=N)c1ccc(-c2cc(NC(=O)c3cc(C)cc(OCCNC(=O)OC(C)(C)C)c3)ccc2C)nc1N. The van der Waals surface area contributed by atoms with Gasteiger partial charge in [0.15, 0.2) is 0 Å². The van der Waals surface area contributed by atoms with E-state index in [0.29, 0.717) is 46.2 Å². The number of nitrogens with zero attached hydrogens (tertiary/aromatic N) is 1. The Hall–Kier alpha value is -4.40. The minimum Gasteiger partial charge on any atom is -0.492 e. The van der Waals surface area contributed by atoms with Crippen LogP contribution in [0, 0.1) is 19.3 Å². The summed E-state index contributed by atoms with van der Waals surface area (Å²) in [6.07, 6.45) is 0.0580. The van der Waals surface area contributed by atoms with E-state index in [-0.39, 0.29) is 19.1 Å². The van der Waals surface area contributed by atoms with Gasteiger partial charge in [-0.15, -0.1) is 0 Å². The Morgan fingerprint density at radius 3 is 2.46 bits per heavy atom. The molecule has 5 N–H and O–H groups in total. The second-order valence-electron chi connectivity index (χ2n) is 10.3. The molecule has 0 spiro atoms. The van der Waals surface area contributed by atoms with Gasteiger partial charge in [-0.3, -0.25) is 4.79 Å². The highest BCUT2D eigenvalue weighted by Gasteiger charge is 2.16. The number of nitrogens with two attached hydrogens (primary N) is 1. The summed E-state index contributed by atoms with van der Waals surface area (Å²) in [5.74, 6) is 0.541. The molecule has 0 aliphatic rings. The fraction of sp³-hybridized carbons (Fsp3) is 0.333. The van der Waals surface area contributed by atoms with Gasteiger partial charge in [-0.1, -0.05) is 13.0 Å². The van der Waals surface area contributed by atoms with Crippen LogP contribution in [0.25, 0.3) is 11.3 Å². The smallest absolute Gasteiger partial charge is 0.407 e. The molecule has 0 aliphatic carbocycles. The molecular formula is C30H37N5O4. The number of carbonyl (C=O) groups is 2. The number of anilines is 2. The number of rotatable bonds is 9. The van der Waals surface area contributed by atoms with Crippen molar-refractivity contribution in [3.63, 3.8) is 0 Å². The average molecular weight is 532 g/mol. The van der Waals surface area contributed by atoms with E-state index in [9.17, 15) is 9.59 Å². The summed E-state index contributed by atoms with van der Waals surface area (Å²) in [4.78, 5) is 29.4. The Bertz CT molecular complexity index is 1380. The lowest BCUT2D eigenvalue weighted by Gasteiger charge is -2.19. The Kier molecular flexibility index (Phi) is 9.29. The normalized spacial score (nSPS) is 11.0. The van der Waals surface area contributed by atoms with Crippen LogP contribution in [0.1, 0.15) is 61.2 Å². The maximum atomic E-state index is 13.1. The van der Waals surface area contributed by atoms with Crippen molar-refractivity contribution in [1.29, 1.82) is 5.41 Å². The minimum atomic E-state index is -0.573. The summed E-state index contributed by atoms with van der Waals surface area (Å²) in [7, 11) is 0. The fourth-order valence-electron chi connectivity index (χ4n) is 3.85. The Morgan fingerprint density at radius 1 is 1.05 bits per heavy atom. The van der Waals surface area contributed by atoms with E-state index in [4.69, 9.17) is 20.6 Å². The highest BCUT2D eigenvalue weighted by molar-refractivity contribution is 6.05. The van der Waals surface area contributed by atoms with Crippen molar-refractivity contribution in [2.75, 3.05) is 24.2 Å². The zero-order valence-electron chi connectivity index (χ0n) is 23.4. The van der Waals surface area contributed by atoms with Crippen molar-refractivity contribution in [1.82, 2.24) is 10.3 Å². The van der Waals surface area contributed by atoms with Crippen molar-refractivity contribution in [3.05, 3.63) is 70.8 Å². The van der Waals surface area contributed by atoms with E-state index in [0.717, 1.165) is 16.7 Å². The first-order valence-corrected chi connectivity index (χ1v) is 12.8. The van der Waals surface area contributed by atoms with Crippen LogP contribution in [0.5, 0.6) is 5.75 Å². The van der Waals surface area contributed by atoms with Crippen molar-refractivity contribution in [3.8, 4) is 17.0 Å². The van der Waals surface area contributed by atoms with E-state index in [1.54, 1.807) is 32.9 Å². The molecule has 9 heteroatoms. The molecule has 0 saturated heterocycles. The van der Waals surface area contributed by atoms with Gasteiger partial charge in [0.05, 0.1) is 12.2 Å². The first kappa shape index (κ1) is 29.2. The van der Waals surface area contributed by atoms with Gasteiger partial charge >= 0.3 is 6.09 Å². The summed E-state index contributed by atoms with van der Waals surface area (Å²) in [5.41, 5.74) is 11.0. The van der Waals surface area contributed by atoms with Crippen LogP contribution >= 0.6 is 0 Å². The topological polar surface area (TPSA) is 139 Å². The number of alkyl carbamates (subject to hydrolysis) is 1. The van der Waals surface area contributed by atoms with E-state index >= 15 is 0 Å². The number of hydrogen-bond acceptors (Lipinski definition) is 7. The van der Waals surface area contributed by atoms with E-state index in [1.165, 1.54) is 0 Å². The van der Waals surface area contributed by atoms with Gasteiger partial charge in [0, 0.05) is 28.1 Å². The number of pyridine rings is 1. The molecule has 0 radical (unpaired) electrons. The Morgan fingerprint density at radius 2 is 1.79 bits per heavy atom. The summed E-state index contributed by atoms with van der Waals surface area (Å²) < 4.78 is 11.0. The number of aromatic nitrogens is 1. The van der Waals surface area contributed by atoms with Crippen LogP contribution in [0.3, 0.4) is 0 Å². The maximum Gasteiger partial charge on any atom is 0.407 e. The van der Waals surface area contributed by atoms with Gasteiger partial charge in [-0.2, -0.15) is 0 Å². The van der Waals surface area contributed by atoms with Crippen molar-refractivity contribution < 1.29 is 19.1 Å². The summed E-state index contributed by atoms with van der Waals surface area (Å²) in [5, 5.41) is 13.6. The molecule has 2 aromatic carbocycles. The van der Waals surface area contributed by atoms with Gasteiger partial charge < -0.3 is 31.3 Å². The number of carbonyl (C=O) groups excluding carboxylic acids is 2. The Balaban J connectivity index is 1.69. The highest BCUT2D eigenvalue weighted by atomic mass is 16.6. The van der Waals surface area contributed by atoms with E-state index < -0.39 is 11.7 Å². The summed E-state index contributed by atoms with van der Waals surface area (Å²) in [6.45, 7) is 11.6. The van der Waals surface area contributed by atoms with Crippen LogP contribution < -0.4 is 21.1 Å². The lowest BCUT2D eigenvalue weighted by Crippen LogP contribution is -2.34. The number of benzene rings is 2. The molecule has 2 amide bonds. The van der Waals surface area contributed by atoms with Crippen LogP contribution in [-0.2, 0) is 4.74 Å². The molecule has 206 valence electrons. The average Bonchev–Trinajstić information content (AvgIpc) is 2.86. The van der Waals surface area contributed by atoms with Crippen molar-refractivity contribution in [2.45, 2.75) is 53.6 Å². The number of nitrogens with one attached hydrogen (secondary N) is 3. The quantitative estimate of drug-likeness (QED) is 0.201. The molecule has 0 unspecified atom stereocenters. The van der Waals surface area contributed by atoms with Crippen LogP contribution in [0.4, 0.5) is 16.3 Å². The molecular weight excluding hydrogens is 494 g/mol.